The van der Waals surface area contributed by atoms with Gasteiger partial charge in [-0.1, -0.05) is 17.2 Å². The van der Waals surface area contributed by atoms with E-state index in [4.69, 9.17) is 23.8 Å². The van der Waals surface area contributed by atoms with Crippen molar-refractivity contribution in [2.75, 3.05) is 13.2 Å². The van der Waals surface area contributed by atoms with Gasteiger partial charge in [0.2, 0.25) is 5.72 Å². The minimum absolute atomic E-state index is 0.120. The van der Waals surface area contributed by atoms with Crippen LogP contribution in [0.3, 0.4) is 0 Å². The van der Waals surface area contributed by atoms with Crippen LogP contribution < -0.4 is 11.2 Å². The van der Waals surface area contributed by atoms with Gasteiger partial charge in [-0.3, -0.25) is 27.9 Å². The number of hydrogen-bond acceptors (Lipinski definition) is 10. The van der Waals surface area contributed by atoms with E-state index in [0.29, 0.717) is 0 Å². The number of alkyl halides is 3. The van der Waals surface area contributed by atoms with Crippen molar-refractivity contribution < 1.29 is 46.3 Å². The summed E-state index contributed by atoms with van der Waals surface area (Å²) < 4.78 is 73.5. The maximum atomic E-state index is 13.1. The number of rotatable bonds is 6. The molecule has 2 aromatic rings. The predicted molar refractivity (Wildman–Crippen MR) is 115 cm³/mol. The number of nitrogens with zero attached hydrogens (tertiary/aromatic N) is 4. The quantitative estimate of drug-likeness (QED) is 0.209. The van der Waals surface area contributed by atoms with Gasteiger partial charge in [-0.25, -0.2) is 9.36 Å². The molecule has 0 saturated carbocycles. The van der Waals surface area contributed by atoms with Crippen molar-refractivity contribution in [3.8, 4) is 0 Å². The fraction of sp³-hybridized carbons (Fsp3) is 0.474. The van der Waals surface area contributed by atoms with E-state index in [1.165, 1.54) is 0 Å². The molecular formula is C19H19F3N5O9P. The van der Waals surface area contributed by atoms with E-state index < -0.39 is 67.7 Å². The molecule has 6 atom stereocenters. The molecule has 1 aromatic heterocycles. The molecule has 0 aliphatic carbocycles. The maximum absolute atomic E-state index is 13.1. The summed E-state index contributed by atoms with van der Waals surface area (Å²) in [5, 5.41) is 24.4. The lowest BCUT2D eigenvalue weighted by Crippen LogP contribution is -2.45. The SMILES string of the molecule is [N-]=[N+]=N[C@]1(COP2(=O)OCC[C@@H](c3ccc(C(F)(F)F)cc3)O2)O[C@@H](n2ccc(=O)[nH]c2=O)[C@H](O)[C@@H]1O. The summed E-state index contributed by atoms with van der Waals surface area (Å²) in [6.07, 6.45) is -9.96. The highest BCUT2D eigenvalue weighted by Crippen LogP contribution is 2.58. The Morgan fingerprint density at radius 1 is 1.27 bits per heavy atom. The number of nitrogens with one attached hydrogen (secondary N) is 1. The molecule has 2 aliphatic heterocycles. The summed E-state index contributed by atoms with van der Waals surface area (Å²) in [6, 6.07) is 4.91. The second-order valence-corrected chi connectivity index (χ2v) is 9.67. The number of aliphatic hydroxyl groups is 2. The highest BCUT2D eigenvalue weighted by Gasteiger charge is 2.56. The van der Waals surface area contributed by atoms with Crippen LogP contribution in [0.15, 0.2) is 51.2 Å². The van der Waals surface area contributed by atoms with Gasteiger partial charge in [0.25, 0.3) is 5.56 Å². The number of aromatic amines is 1. The maximum Gasteiger partial charge on any atom is 0.475 e. The molecule has 14 nitrogen and oxygen atoms in total. The topological polar surface area (TPSA) is 198 Å². The summed E-state index contributed by atoms with van der Waals surface area (Å²) in [4.78, 5) is 27.9. The lowest BCUT2D eigenvalue weighted by atomic mass is 10.0. The molecule has 37 heavy (non-hydrogen) atoms. The standard InChI is InChI=1S/C19H19F3N5O9P/c20-19(21,22)11-3-1-10(2-4-11)12-6-8-33-37(32,36-12)34-9-18(25-26-23)15(30)14(29)16(35-18)27-7-5-13(28)24-17(27)31/h1-5,7,12,14-16,29-30H,6,8-9H2,(H,24,28,31)/t12-,14+,15-,16+,18+,37?/m0/s1. The Morgan fingerprint density at radius 2 is 1.97 bits per heavy atom. The van der Waals surface area contributed by atoms with Crippen molar-refractivity contribution >= 4 is 7.82 Å². The normalized spacial score (nSPS) is 32.1. The first kappa shape index (κ1) is 27.0. The van der Waals surface area contributed by atoms with Gasteiger partial charge in [-0.2, -0.15) is 13.2 Å². The van der Waals surface area contributed by atoms with Crippen LogP contribution in [0.5, 0.6) is 0 Å². The average molecular weight is 549 g/mol. The molecule has 2 aliphatic rings. The fourth-order valence-corrected chi connectivity index (χ4v) is 5.20. The lowest BCUT2D eigenvalue weighted by molar-refractivity contribution is -0.137. The summed E-state index contributed by atoms with van der Waals surface area (Å²) >= 11 is 0. The monoisotopic (exact) mass is 549 g/mol. The third kappa shape index (κ3) is 5.49. The third-order valence-corrected chi connectivity index (χ3v) is 7.12. The summed E-state index contributed by atoms with van der Waals surface area (Å²) in [5.41, 5.74) is 4.22. The zero-order chi connectivity index (χ0) is 27.0. The zero-order valence-corrected chi connectivity index (χ0v) is 19.4. The first-order valence-corrected chi connectivity index (χ1v) is 12.0. The summed E-state index contributed by atoms with van der Waals surface area (Å²) in [6.45, 7) is -1.17. The number of halogens is 3. The van der Waals surface area contributed by atoms with Gasteiger partial charge in [0, 0.05) is 23.6 Å². The van der Waals surface area contributed by atoms with Crippen LogP contribution in [-0.4, -0.2) is 50.9 Å². The number of aliphatic hydroxyl groups excluding tert-OH is 2. The highest BCUT2D eigenvalue weighted by atomic mass is 31.2. The molecule has 18 heteroatoms. The number of ether oxygens (including phenoxy) is 1. The van der Waals surface area contributed by atoms with Gasteiger partial charge in [-0.05, 0) is 23.2 Å². The van der Waals surface area contributed by atoms with Crippen molar-refractivity contribution in [1.29, 1.82) is 0 Å². The van der Waals surface area contributed by atoms with Gasteiger partial charge >= 0.3 is 19.7 Å². The minimum Gasteiger partial charge on any atom is -0.387 e. The van der Waals surface area contributed by atoms with E-state index in [2.05, 4.69) is 10.0 Å². The number of hydrogen-bond donors (Lipinski definition) is 3. The Hall–Kier alpha value is -3.01. The summed E-state index contributed by atoms with van der Waals surface area (Å²) in [7, 11) is -4.45. The van der Waals surface area contributed by atoms with E-state index in [1.807, 2.05) is 4.98 Å². The number of azide groups is 1. The second-order valence-electron chi connectivity index (χ2n) is 8.05. The molecule has 0 amide bonds. The van der Waals surface area contributed by atoms with Crippen LogP contribution in [0, 0.1) is 0 Å². The van der Waals surface area contributed by atoms with Gasteiger partial charge < -0.3 is 14.9 Å². The molecule has 1 aromatic carbocycles. The van der Waals surface area contributed by atoms with E-state index in [-0.39, 0.29) is 18.6 Å². The van der Waals surface area contributed by atoms with Crippen molar-refractivity contribution in [2.45, 2.75) is 42.9 Å². The second kappa shape index (κ2) is 10.0. The van der Waals surface area contributed by atoms with E-state index >= 15 is 0 Å². The molecule has 200 valence electrons. The molecule has 4 rings (SSSR count). The smallest absolute Gasteiger partial charge is 0.387 e. The molecule has 0 spiro atoms. The van der Waals surface area contributed by atoms with Crippen LogP contribution in [-0.2, 0) is 29.0 Å². The predicted octanol–water partition coefficient (Wildman–Crippen LogP) is 2.12. The van der Waals surface area contributed by atoms with Crippen molar-refractivity contribution in [1.82, 2.24) is 9.55 Å². The van der Waals surface area contributed by atoms with Crippen molar-refractivity contribution in [3.63, 3.8) is 0 Å². The molecule has 3 heterocycles. The Labute approximate surface area is 204 Å². The number of H-pyrrole nitrogens is 1. The molecule has 0 radical (unpaired) electrons. The van der Waals surface area contributed by atoms with Gasteiger partial charge in [-0.15, -0.1) is 0 Å². The molecule has 2 saturated heterocycles. The van der Waals surface area contributed by atoms with Crippen LogP contribution in [0.2, 0.25) is 0 Å². The highest BCUT2D eigenvalue weighted by molar-refractivity contribution is 7.48. The van der Waals surface area contributed by atoms with Crippen molar-refractivity contribution in [3.05, 3.63) is 78.9 Å². The zero-order valence-electron chi connectivity index (χ0n) is 18.5. The molecule has 1 unspecified atom stereocenters. The largest absolute Gasteiger partial charge is 0.475 e. The van der Waals surface area contributed by atoms with Crippen LogP contribution >= 0.6 is 7.82 Å². The van der Waals surface area contributed by atoms with Crippen LogP contribution in [0.4, 0.5) is 13.2 Å². The Bertz CT molecular complexity index is 1360. The molecule has 2 fully saturated rings. The molecule has 3 N–H and O–H groups in total. The Kier molecular flexibility index (Phi) is 7.34. The van der Waals surface area contributed by atoms with E-state index in [0.717, 1.165) is 41.1 Å². The number of phosphoric ester groups is 1. The first-order chi connectivity index (χ1) is 17.4. The number of phosphoric acid groups is 1. The average Bonchev–Trinajstić information content (AvgIpc) is 3.08. The lowest BCUT2D eigenvalue weighted by Gasteiger charge is -2.32. The van der Waals surface area contributed by atoms with Gasteiger partial charge in [0.1, 0.15) is 12.2 Å². The number of benzene rings is 1. The van der Waals surface area contributed by atoms with Gasteiger partial charge in [0.05, 0.1) is 24.9 Å². The van der Waals surface area contributed by atoms with Crippen molar-refractivity contribution in [2.24, 2.45) is 5.11 Å². The summed E-state index contributed by atoms with van der Waals surface area (Å²) in [5.74, 6) is 0. The Morgan fingerprint density at radius 3 is 2.59 bits per heavy atom. The van der Waals surface area contributed by atoms with E-state index in [1.54, 1.807) is 0 Å². The van der Waals surface area contributed by atoms with E-state index in [9.17, 15) is 37.5 Å². The van der Waals surface area contributed by atoms with Gasteiger partial charge in [0.15, 0.2) is 6.23 Å². The van der Waals surface area contributed by atoms with Crippen LogP contribution in [0.1, 0.15) is 29.9 Å². The third-order valence-electron chi connectivity index (χ3n) is 5.67. The molecular weight excluding hydrogens is 530 g/mol. The first-order valence-electron chi connectivity index (χ1n) is 10.5. The number of aromatic nitrogens is 2. The molecule has 0 bridgehead atoms. The Balaban J connectivity index is 1.52. The van der Waals surface area contributed by atoms with Crippen LogP contribution in [0.25, 0.3) is 10.4 Å². The fourth-order valence-electron chi connectivity index (χ4n) is 3.79. The minimum atomic E-state index is -4.55.